The van der Waals surface area contributed by atoms with Crippen LogP contribution in [0.4, 0.5) is 10.8 Å². The summed E-state index contributed by atoms with van der Waals surface area (Å²) in [6.07, 6.45) is 0. The lowest BCUT2D eigenvalue weighted by Crippen LogP contribution is -2.36. The van der Waals surface area contributed by atoms with Gasteiger partial charge in [0, 0.05) is 24.9 Å². The lowest BCUT2D eigenvalue weighted by atomic mass is 10.3. The molecule has 0 fully saturated rings. The SMILES string of the molecule is COC[C@@H](C)NC(=O)CSc1nnc(Nc2cccc(OC)c2)s1. The number of hydrogen-bond acceptors (Lipinski definition) is 8. The van der Waals surface area contributed by atoms with E-state index in [2.05, 4.69) is 20.8 Å². The Kier molecular flexibility index (Phi) is 7.29. The molecule has 2 aromatic rings. The molecular weight excluding hydrogens is 348 g/mol. The smallest absolute Gasteiger partial charge is 0.230 e. The van der Waals surface area contributed by atoms with Crippen molar-refractivity contribution in [2.75, 3.05) is 31.9 Å². The number of hydrogen-bond donors (Lipinski definition) is 2. The highest BCUT2D eigenvalue weighted by molar-refractivity contribution is 8.01. The Bertz CT molecular complexity index is 666. The van der Waals surface area contributed by atoms with Crippen LogP contribution in [0.2, 0.25) is 0 Å². The van der Waals surface area contributed by atoms with E-state index in [1.165, 1.54) is 23.1 Å². The van der Waals surface area contributed by atoms with E-state index in [9.17, 15) is 4.79 Å². The maximum atomic E-state index is 11.8. The number of benzene rings is 1. The molecular formula is C15H20N4O3S2. The Morgan fingerprint density at radius 2 is 2.21 bits per heavy atom. The number of nitrogens with one attached hydrogen (secondary N) is 2. The molecule has 0 aliphatic carbocycles. The first-order chi connectivity index (χ1) is 11.6. The minimum Gasteiger partial charge on any atom is -0.497 e. The summed E-state index contributed by atoms with van der Waals surface area (Å²) in [4.78, 5) is 11.8. The van der Waals surface area contributed by atoms with Crippen LogP contribution < -0.4 is 15.4 Å². The summed E-state index contributed by atoms with van der Waals surface area (Å²) in [7, 11) is 3.23. The van der Waals surface area contributed by atoms with Crippen LogP contribution in [-0.2, 0) is 9.53 Å². The van der Waals surface area contributed by atoms with Crippen LogP contribution in [0.25, 0.3) is 0 Å². The van der Waals surface area contributed by atoms with Gasteiger partial charge in [-0.3, -0.25) is 4.79 Å². The van der Waals surface area contributed by atoms with Crippen molar-refractivity contribution in [2.24, 2.45) is 0 Å². The number of carbonyl (C=O) groups excluding carboxylic acids is 1. The predicted molar refractivity (Wildman–Crippen MR) is 96.4 cm³/mol. The van der Waals surface area contributed by atoms with E-state index in [0.29, 0.717) is 17.5 Å². The van der Waals surface area contributed by atoms with Crippen molar-refractivity contribution in [3.63, 3.8) is 0 Å². The molecule has 0 aliphatic rings. The van der Waals surface area contributed by atoms with Crippen molar-refractivity contribution >= 4 is 39.8 Å². The van der Waals surface area contributed by atoms with Crippen LogP contribution in [0.1, 0.15) is 6.92 Å². The van der Waals surface area contributed by atoms with Crippen molar-refractivity contribution in [1.29, 1.82) is 0 Å². The summed E-state index contributed by atoms with van der Waals surface area (Å²) in [6, 6.07) is 7.54. The third-order valence-corrected chi connectivity index (χ3v) is 4.85. The highest BCUT2D eigenvalue weighted by Gasteiger charge is 2.10. The molecule has 1 amide bonds. The largest absolute Gasteiger partial charge is 0.497 e. The number of amides is 1. The van der Waals surface area contributed by atoms with Crippen molar-refractivity contribution in [3.8, 4) is 5.75 Å². The molecule has 0 radical (unpaired) electrons. The van der Waals surface area contributed by atoms with Gasteiger partial charge >= 0.3 is 0 Å². The lowest BCUT2D eigenvalue weighted by Gasteiger charge is -2.11. The predicted octanol–water partition coefficient (Wildman–Crippen LogP) is 2.53. The Morgan fingerprint density at radius 3 is 2.96 bits per heavy atom. The van der Waals surface area contributed by atoms with E-state index >= 15 is 0 Å². The van der Waals surface area contributed by atoms with Gasteiger partial charge in [0.1, 0.15) is 5.75 Å². The number of ether oxygens (including phenoxy) is 2. The zero-order chi connectivity index (χ0) is 17.4. The monoisotopic (exact) mass is 368 g/mol. The summed E-state index contributed by atoms with van der Waals surface area (Å²) in [6.45, 7) is 2.39. The van der Waals surface area contributed by atoms with Crippen LogP contribution in [0, 0.1) is 0 Å². The molecule has 1 aromatic heterocycles. The molecule has 7 nitrogen and oxygen atoms in total. The van der Waals surface area contributed by atoms with Crippen LogP contribution >= 0.6 is 23.1 Å². The fraction of sp³-hybridized carbons (Fsp3) is 0.400. The average Bonchev–Trinajstić information content (AvgIpc) is 3.01. The third kappa shape index (κ3) is 5.99. The molecule has 0 saturated heterocycles. The number of rotatable bonds is 9. The van der Waals surface area contributed by atoms with Gasteiger partial charge in [-0.25, -0.2) is 0 Å². The Balaban J connectivity index is 1.83. The normalized spacial score (nSPS) is 11.8. The van der Waals surface area contributed by atoms with E-state index in [1.54, 1.807) is 14.2 Å². The molecule has 9 heteroatoms. The first-order valence-corrected chi connectivity index (χ1v) is 9.06. The van der Waals surface area contributed by atoms with Gasteiger partial charge in [-0.2, -0.15) is 0 Å². The van der Waals surface area contributed by atoms with Crippen LogP contribution in [0.15, 0.2) is 28.6 Å². The van der Waals surface area contributed by atoms with Gasteiger partial charge in [0.25, 0.3) is 0 Å². The number of anilines is 2. The number of methoxy groups -OCH3 is 2. The number of nitrogens with zero attached hydrogens (tertiary/aromatic N) is 2. The molecule has 24 heavy (non-hydrogen) atoms. The van der Waals surface area contributed by atoms with Gasteiger partial charge in [0.15, 0.2) is 4.34 Å². The summed E-state index contributed by atoms with van der Waals surface area (Å²) in [5, 5.41) is 14.8. The van der Waals surface area contributed by atoms with Gasteiger partial charge < -0.3 is 20.1 Å². The van der Waals surface area contributed by atoms with Crippen molar-refractivity contribution < 1.29 is 14.3 Å². The quantitative estimate of drug-likeness (QED) is 0.658. The molecule has 2 N–H and O–H groups in total. The molecule has 1 atom stereocenters. The summed E-state index contributed by atoms with van der Waals surface area (Å²) in [5.74, 6) is 1.00. The van der Waals surface area contributed by atoms with E-state index in [-0.39, 0.29) is 11.9 Å². The number of aromatic nitrogens is 2. The average molecular weight is 368 g/mol. The third-order valence-electron chi connectivity index (χ3n) is 2.88. The first-order valence-electron chi connectivity index (χ1n) is 7.26. The molecule has 0 spiro atoms. The molecule has 0 saturated carbocycles. The second-order valence-electron chi connectivity index (χ2n) is 4.94. The fourth-order valence-electron chi connectivity index (χ4n) is 1.88. The van der Waals surface area contributed by atoms with Gasteiger partial charge in [-0.05, 0) is 19.1 Å². The van der Waals surface area contributed by atoms with E-state index in [1.807, 2.05) is 31.2 Å². The van der Waals surface area contributed by atoms with Crippen molar-refractivity contribution in [3.05, 3.63) is 24.3 Å². The molecule has 2 rings (SSSR count). The standard InChI is InChI=1S/C15H20N4O3S2/c1-10(8-21-2)16-13(20)9-23-15-19-18-14(24-15)17-11-5-4-6-12(7-11)22-3/h4-7,10H,8-9H2,1-3H3,(H,16,20)(H,17,18)/t10-/m1/s1. The highest BCUT2D eigenvalue weighted by atomic mass is 32.2. The topological polar surface area (TPSA) is 85.4 Å². The zero-order valence-corrected chi connectivity index (χ0v) is 15.4. The van der Waals surface area contributed by atoms with Crippen LogP contribution in [0.5, 0.6) is 5.75 Å². The summed E-state index contributed by atoms with van der Waals surface area (Å²) >= 11 is 2.75. The number of thioether (sulfide) groups is 1. The maximum absolute atomic E-state index is 11.8. The van der Waals surface area contributed by atoms with Gasteiger partial charge in [0.2, 0.25) is 11.0 Å². The molecule has 0 unspecified atom stereocenters. The van der Waals surface area contributed by atoms with Gasteiger partial charge in [0.05, 0.1) is 19.5 Å². The second-order valence-corrected chi connectivity index (χ2v) is 7.14. The van der Waals surface area contributed by atoms with Crippen LogP contribution in [0.3, 0.4) is 0 Å². The highest BCUT2D eigenvalue weighted by Crippen LogP contribution is 2.28. The minimum absolute atomic E-state index is 0.0113. The maximum Gasteiger partial charge on any atom is 0.230 e. The Hall–Kier alpha value is -1.84. The minimum atomic E-state index is -0.0537. The Labute approximate surface area is 149 Å². The molecule has 130 valence electrons. The van der Waals surface area contributed by atoms with Crippen LogP contribution in [-0.4, -0.2) is 48.7 Å². The fourth-order valence-corrected chi connectivity index (χ4v) is 3.46. The summed E-state index contributed by atoms with van der Waals surface area (Å²) in [5.41, 5.74) is 0.869. The lowest BCUT2D eigenvalue weighted by molar-refractivity contribution is -0.119. The summed E-state index contributed by atoms with van der Waals surface area (Å²) < 4.78 is 10.9. The molecule has 1 aromatic carbocycles. The van der Waals surface area contributed by atoms with Gasteiger partial charge in [-0.15, -0.1) is 10.2 Å². The second kappa shape index (κ2) is 9.45. The molecule has 0 bridgehead atoms. The van der Waals surface area contributed by atoms with E-state index < -0.39 is 0 Å². The van der Waals surface area contributed by atoms with Crippen molar-refractivity contribution in [1.82, 2.24) is 15.5 Å². The number of carbonyl (C=O) groups is 1. The molecule has 1 heterocycles. The zero-order valence-electron chi connectivity index (χ0n) is 13.7. The molecule has 0 aliphatic heterocycles. The Morgan fingerprint density at radius 1 is 1.38 bits per heavy atom. The van der Waals surface area contributed by atoms with Crippen molar-refractivity contribution in [2.45, 2.75) is 17.3 Å². The van der Waals surface area contributed by atoms with E-state index in [0.717, 1.165) is 15.8 Å². The van der Waals surface area contributed by atoms with Gasteiger partial charge in [-0.1, -0.05) is 29.2 Å². The first kappa shape index (κ1) is 18.5. The van der Waals surface area contributed by atoms with E-state index in [4.69, 9.17) is 9.47 Å².